The molecule has 5 nitrogen and oxygen atoms in total. The first-order chi connectivity index (χ1) is 11.8. The third-order valence-corrected chi connectivity index (χ3v) is 4.64. The van der Waals surface area contributed by atoms with E-state index in [2.05, 4.69) is 6.92 Å². The Labute approximate surface area is 154 Å². The number of rotatable bonds is 7. The number of anilines is 1. The minimum absolute atomic E-state index is 0.0663. The van der Waals surface area contributed by atoms with Gasteiger partial charge in [0.1, 0.15) is 5.75 Å². The van der Waals surface area contributed by atoms with Crippen LogP contribution in [0.15, 0.2) is 18.2 Å². The third kappa shape index (κ3) is 4.46. The fourth-order valence-corrected chi connectivity index (χ4v) is 3.10. The van der Waals surface area contributed by atoms with E-state index in [1.807, 2.05) is 11.8 Å². The normalized spacial score (nSPS) is 15.6. The van der Waals surface area contributed by atoms with E-state index in [4.69, 9.17) is 16.3 Å². The number of ether oxygens (including phenoxy) is 1. The van der Waals surface area contributed by atoms with Crippen LogP contribution in [-0.2, 0) is 9.59 Å². The Morgan fingerprint density at radius 3 is 2.68 bits per heavy atom. The van der Waals surface area contributed by atoms with Crippen molar-refractivity contribution in [1.82, 2.24) is 4.90 Å². The summed E-state index contributed by atoms with van der Waals surface area (Å²) < 4.78 is 5.80. The van der Waals surface area contributed by atoms with Gasteiger partial charge >= 0.3 is 0 Å². The predicted octanol–water partition coefficient (Wildman–Crippen LogP) is 3.88. The van der Waals surface area contributed by atoms with Crippen molar-refractivity contribution in [3.8, 4) is 5.75 Å². The number of halogens is 1. The zero-order valence-electron chi connectivity index (χ0n) is 15.5. The number of fused-ring (bicyclic) bond motifs is 1. The standard InChI is InChI=1S/C19H27ClN2O3/c1-5-7-11-21(6-2)17(23)10-12-22-15-13-14(20)8-9-16(15)25-19(3,4)18(22)24/h8-9,13H,5-7,10-12H2,1-4H3. The number of carbonyl (C=O) groups excluding carboxylic acids is 2. The second-order valence-electron chi connectivity index (χ2n) is 6.76. The van der Waals surface area contributed by atoms with Gasteiger partial charge in [0.25, 0.3) is 5.91 Å². The zero-order chi connectivity index (χ0) is 18.6. The molecule has 0 radical (unpaired) electrons. The Hall–Kier alpha value is -1.75. The molecule has 0 unspecified atom stereocenters. The van der Waals surface area contributed by atoms with E-state index in [0.29, 0.717) is 29.5 Å². The summed E-state index contributed by atoms with van der Waals surface area (Å²) in [5.74, 6) is 0.517. The second kappa shape index (κ2) is 8.09. The Bertz CT molecular complexity index is 646. The summed E-state index contributed by atoms with van der Waals surface area (Å²) in [6.07, 6.45) is 2.32. The Balaban J connectivity index is 2.16. The smallest absolute Gasteiger partial charge is 0.270 e. The molecule has 138 valence electrons. The van der Waals surface area contributed by atoms with Crippen molar-refractivity contribution in [3.05, 3.63) is 23.2 Å². The molecule has 0 aromatic heterocycles. The van der Waals surface area contributed by atoms with Gasteiger partial charge in [-0.3, -0.25) is 9.59 Å². The van der Waals surface area contributed by atoms with Gasteiger partial charge < -0.3 is 14.5 Å². The van der Waals surface area contributed by atoms with E-state index < -0.39 is 5.60 Å². The highest BCUT2D eigenvalue weighted by Crippen LogP contribution is 2.39. The number of hydrogen-bond donors (Lipinski definition) is 0. The maximum atomic E-state index is 12.8. The summed E-state index contributed by atoms with van der Waals surface area (Å²) in [6.45, 7) is 9.32. The van der Waals surface area contributed by atoms with Crippen LogP contribution >= 0.6 is 11.6 Å². The molecule has 1 aromatic rings. The maximum Gasteiger partial charge on any atom is 0.270 e. The van der Waals surface area contributed by atoms with Crippen LogP contribution in [0.1, 0.15) is 47.0 Å². The van der Waals surface area contributed by atoms with Gasteiger partial charge in [0.05, 0.1) is 5.69 Å². The molecule has 0 aliphatic carbocycles. The molecule has 0 saturated heterocycles. The molecule has 0 fully saturated rings. The predicted molar refractivity (Wildman–Crippen MR) is 100 cm³/mol. The third-order valence-electron chi connectivity index (χ3n) is 4.40. The van der Waals surface area contributed by atoms with Crippen molar-refractivity contribution in [2.24, 2.45) is 0 Å². The molecule has 1 aliphatic heterocycles. The fourth-order valence-electron chi connectivity index (χ4n) is 2.94. The topological polar surface area (TPSA) is 49.9 Å². The molecule has 0 N–H and O–H groups in total. The Morgan fingerprint density at radius 1 is 1.32 bits per heavy atom. The van der Waals surface area contributed by atoms with Gasteiger partial charge in [0.15, 0.2) is 5.60 Å². The Kier molecular flexibility index (Phi) is 6.33. The first-order valence-electron chi connectivity index (χ1n) is 8.88. The van der Waals surface area contributed by atoms with Crippen molar-refractivity contribution < 1.29 is 14.3 Å². The average Bonchev–Trinajstić information content (AvgIpc) is 2.56. The van der Waals surface area contributed by atoms with Crippen LogP contribution < -0.4 is 9.64 Å². The van der Waals surface area contributed by atoms with Gasteiger partial charge in [-0.25, -0.2) is 0 Å². The van der Waals surface area contributed by atoms with Gasteiger partial charge in [-0.1, -0.05) is 24.9 Å². The molecular formula is C19H27ClN2O3. The lowest BCUT2D eigenvalue weighted by Gasteiger charge is -2.39. The minimum atomic E-state index is -0.962. The van der Waals surface area contributed by atoms with E-state index in [1.54, 1.807) is 36.9 Å². The average molecular weight is 367 g/mol. The van der Waals surface area contributed by atoms with Gasteiger partial charge in [-0.15, -0.1) is 0 Å². The van der Waals surface area contributed by atoms with Gasteiger partial charge in [-0.2, -0.15) is 0 Å². The quantitative estimate of drug-likeness (QED) is 0.735. The summed E-state index contributed by atoms with van der Waals surface area (Å²) >= 11 is 6.08. The number of nitrogens with zero attached hydrogens (tertiary/aromatic N) is 2. The van der Waals surface area contributed by atoms with E-state index in [-0.39, 0.29) is 18.2 Å². The molecule has 1 aromatic carbocycles. The van der Waals surface area contributed by atoms with Gasteiger partial charge in [0, 0.05) is 31.1 Å². The van der Waals surface area contributed by atoms with E-state index in [0.717, 1.165) is 19.4 Å². The van der Waals surface area contributed by atoms with Gasteiger partial charge in [0.2, 0.25) is 5.91 Å². The lowest BCUT2D eigenvalue weighted by atomic mass is 10.0. The monoisotopic (exact) mass is 366 g/mol. The number of benzene rings is 1. The highest BCUT2D eigenvalue weighted by Gasteiger charge is 2.41. The minimum Gasteiger partial charge on any atom is -0.476 e. The molecular weight excluding hydrogens is 340 g/mol. The molecule has 2 rings (SSSR count). The maximum absolute atomic E-state index is 12.8. The highest BCUT2D eigenvalue weighted by atomic mass is 35.5. The summed E-state index contributed by atoms with van der Waals surface area (Å²) in [7, 11) is 0. The molecule has 2 amide bonds. The molecule has 0 spiro atoms. The number of hydrogen-bond acceptors (Lipinski definition) is 3. The van der Waals surface area contributed by atoms with Crippen LogP contribution in [0.3, 0.4) is 0 Å². The first-order valence-corrected chi connectivity index (χ1v) is 9.26. The largest absolute Gasteiger partial charge is 0.476 e. The van der Waals surface area contributed by atoms with Crippen LogP contribution in [0.4, 0.5) is 5.69 Å². The van der Waals surface area contributed by atoms with Crippen molar-refractivity contribution in [2.45, 2.75) is 52.6 Å². The highest BCUT2D eigenvalue weighted by molar-refractivity contribution is 6.31. The van der Waals surface area contributed by atoms with E-state index >= 15 is 0 Å². The Morgan fingerprint density at radius 2 is 2.04 bits per heavy atom. The van der Waals surface area contributed by atoms with Crippen LogP contribution in [-0.4, -0.2) is 41.9 Å². The summed E-state index contributed by atoms with van der Waals surface area (Å²) in [5, 5.41) is 0.532. The molecule has 1 heterocycles. The first kappa shape index (κ1) is 19.6. The lowest BCUT2D eigenvalue weighted by Crippen LogP contribution is -2.53. The molecule has 0 saturated carbocycles. The SMILES string of the molecule is CCCCN(CC)C(=O)CCN1C(=O)C(C)(C)Oc2ccc(Cl)cc21. The van der Waals surface area contributed by atoms with Crippen molar-refractivity contribution in [2.75, 3.05) is 24.5 Å². The summed E-state index contributed by atoms with van der Waals surface area (Å²) in [6, 6.07) is 5.21. The zero-order valence-corrected chi connectivity index (χ0v) is 16.2. The summed E-state index contributed by atoms with van der Waals surface area (Å²) in [4.78, 5) is 28.7. The van der Waals surface area contributed by atoms with Crippen LogP contribution in [0.5, 0.6) is 5.75 Å². The van der Waals surface area contributed by atoms with Crippen LogP contribution in [0.2, 0.25) is 5.02 Å². The van der Waals surface area contributed by atoms with Crippen LogP contribution in [0, 0.1) is 0 Å². The fraction of sp³-hybridized carbons (Fsp3) is 0.579. The number of amides is 2. The molecule has 1 aliphatic rings. The molecule has 6 heteroatoms. The number of carbonyl (C=O) groups is 2. The number of unbranched alkanes of at least 4 members (excludes halogenated alkanes) is 1. The van der Waals surface area contributed by atoms with Crippen LogP contribution in [0.25, 0.3) is 0 Å². The second-order valence-corrected chi connectivity index (χ2v) is 7.19. The van der Waals surface area contributed by atoms with Crippen molar-refractivity contribution in [3.63, 3.8) is 0 Å². The van der Waals surface area contributed by atoms with Gasteiger partial charge in [-0.05, 0) is 45.4 Å². The van der Waals surface area contributed by atoms with Crippen molar-refractivity contribution >= 4 is 29.1 Å². The van der Waals surface area contributed by atoms with E-state index in [9.17, 15) is 9.59 Å². The van der Waals surface area contributed by atoms with E-state index in [1.165, 1.54) is 0 Å². The summed E-state index contributed by atoms with van der Waals surface area (Å²) in [5.41, 5.74) is -0.336. The molecule has 0 bridgehead atoms. The van der Waals surface area contributed by atoms with Crippen molar-refractivity contribution in [1.29, 1.82) is 0 Å². The molecule has 25 heavy (non-hydrogen) atoms. The lowest BCUT2D eigenvalue weighted by molar-refractivity contribution is -0.133. The molecule has 0 atom stereocenters.